The molecule has 0 radical (unpaired) electrons. The Kier molecular flexibility index (Phi) is 6.24. The van der Waals surface area contributed by atoms with Crippen LogP contribution in [0.25, 0.3) is 5.57 Å². The van der Waals surface area contributed by atoms with E-state index in [9.17, 15) is 9.18 Å². The minimum atomic E-state index is -0.302. The van der Waals surface area contributed by atoms with E-state index >= 15 is 0 Å². The van der Waals surface area contributed by atoms with Gasteiger partial charge in [-0.2, -0.15) is 0 Å². The fourth-order valence-electron chi connectivity index (χ4n) is 2.97. The third-order valence-corrected chi connectivity index (χ3v) is 4.49. The van der Waals surface area contributed by atoms with Gasteiger partial charge < -0.3 is 14.8 Å². The summed E-state index contributed by atoms with van der Waals surface area (Å²) in [5.41, 5.74) is 3.21. The maximum Gasteiger partial charge on any atom is 0.248 e. The first-order valence-corrected chi connectivity index (χ1v) is 9.11. The molecule has 1 aliphatic heterocycles. The highest BCUT2D eigenvalue weighted by molar-refractivity contribution is 6.04. The van der Waals surface area contributed by atoms with E-state index < -0.39 is 0 Å². The van der Waals surface area contributed by atoms with Gasteiger partial charge in [-0.25, -0.2) is 4.39 Å². The molecule has 1 amide bonds. The van der Waals surface area contributed by atoms with Crippen LogP contribution in [0.15, 0.2) is 48.5 Å². The van der Waals surface area contributed by atoms with Crippen molar-refractivity contribution in [2.45, 2.75) is 32.8 Å². The van der Waals surface area contributed by atoms with Gasteiger partial charge in [0.15, 0.2) is 0 Å². The molecule has 1 atom stereocenters. The number of hydrogen-bond acceptors (Lipinski definition) is 3. The Morgan fingerprint density at radius 2 is 2.07 bits per heavy atom. The lowest BCUT2D eigenvalue weighted by molar-refractivity contribution is -0.111. The summed E-state index contributed by atoms with van der Waals surface area (Å²) in [5.74, 6) is 0.0676. The van der Waals surface area contributed by atoms with Crippen molar-refractivity contribution in [3.8, 4) is 5.75 Å². The molecule has 0 spiro atoms. The van der Waals surface area contributed by atoms with Crippen LogP contribution in [0, 0.1) is 12.7 Å². The molecule has 2 aromatic carbocycles. The first-order valence-electron chi connectivity index (χ1n) is 9.11. The van der Waals surface area contributed by atoms with Crippen molar-refractivity contribution in [3.05, 3.63) is 65.5 Å². The maximum absolute atomic E-state index is 13.0. The topological polar surface area (TPSA) is 47.6 Å². The van der Waals surface area contributed by atoms with Gasteiger partial charge in [0.2, 0.25) is 5.91 Å². The summed E-state index contributed by atoms with van der Waals surface area (Å²) in [5, 5.41) is 2.87. The lowest BCUT2D eigenvalue weighted by atomic mass is 10.1. The number of allylic oxidation sites excluding steroid dienone is 1. The van der Waals surface area contributed by atoms with Gasteiger partial charge in [0.05, 0.1) is 11.8 Å². The first kappa shape index (κ1) is 19.1. The molecular weight excluding hydrogens is 345 g/mol. The van der Waals surface area contributed by atoms with Gasteiger partial charge in [-0.3, -0.25) is 4.79 Å². The second-order valence-electron chi connectivity index (χ2n) is 6.77. The van der Waals surface area contributed by atoms with Crippen LogP contribution in [0.4, 0.5) is 10.1 Å². The third kappa shape index (κ3) is 5.41. The van der Waals surface area contributed by atoms with Gasteiger partial charge in [0, 0.05) is 12.7 Å². The Bertz CT molecular complexity index is 824. The minimum absolute atomic E-state index is 0.106. The number of hydrogen-bond donors (Lipinski definition) is 1. The van der Waals surface area contributed by atoms with Crippen molar-refractivity contribution in [1.82, 2.24) is 0 Å². The van der Waals surface area contributed by atoms with Crippen LogP contribution in [0.1, 0.15) is 30.9 Å². The summed E-state index contributed by atoms with van der Waals surface area (Å²) in [7, 11) is 0. The fraction of sp³-hybridized carbons (Fsp3) is 0.318. The number of halogens is 1. The maximum atomic E-state index is 13.0. The second-order valence-corrected chi connectivity index (χ2v) is 6.77. The van der Waals surface area contributed by atoms with Gasteiger partial charge in [0.1, 0.15) is 18.2 Å². The minimum Gasteiger partial charge on any atom is -0.489 e. The summed E-state index contributed by atoms with van der Waals surface area (Å²) in [6, 6.07) is 11.7. The molecule has 3 rings (SSSR count). The number of rotatable bonds is 6. The largest absolute Gasteiger partial charge is 0.489 e. The molecule has 5 heteroatoms. The predicted octanol–water partition coefficient (Wildman–Crippen LogP) is 4.73. The molecule has 1 aliphatic rings. The van der Waals surface area contributed by atoms with Crippen LogP contribution in [0.5, 0.6) is 5.75 Å². The van der Waals surface area contributed by atoms with Crippen molar-refractivity contribution in [3.63, 3.8) is 0 Å². The quantitative estimate of drug-likeness (QED) is 0.749. The molecule has 142 valence electrons. The van der Waals surface area contributed by atoms with Crippen LogP contribution < -0.4 is 10.1 Å². The van der Waals surface area contributed by atoms with E-state index in [-0.39, 0.29) is 17.8 Å². The number of carbonyl (C=O) groups is 1. The van der Waals surface area contributed by atoms with Gasteiger partial charge in [-0.05, 0) is 67.7 Å². The predicted molar refractivity (Wildman–Crippen MR) is 104 cm³/mol. The molecule has 1 unspecified atom stereocenters. The smallest absolute Gasteiger partial charge is 0.248 e. The van der Waals surface area contributed by atoms with E-state index in [4.69, 9.17) is 9.47 Å². The normalized spacial score (nSPS) is 17.0. The molecule has 0 saturated carbocycles. The zero-order valence-corrected chi connectivity index (χ0v) is 15.6. The lowest BCUT2D eigenvalue weighted by Gasteiger charge is -2.15. The molecule has 0 aromatic heterocycles. The highest BCUT2D eigenvalue weighted by Crippen LogP contribution is 2.27. The van der Waals surface area contributed by atoms with Crippen LogP contribution >= 0.6 is 0 Å². The summed E-state index contributed by atoms with van der Waals surface area (Å²) >= 11 is 0. The Morgan fingerprint density at radius 3 is 2.78 bits per heavy atom. The number of aryl methyl sites for hydroxylation is 1. The summed E-state index contributed by atoms with van der Waals surface area (Å²) in [6.45, 7) is 5.04. The Hall–Kier alpha value is -2.66. The molecule has 27 heavy (non-hydrogen) atoms. The Balaban J connectivity index is 1.69. The highest BCUT2D eigenvalue weighted by atomic mass is 19.1. The standard InChI is InChI=1S/C22H24FNO3/c1-15-5-10-20(21(12-15)27-14-19-4-3-11-26-19)24-22(25)13-16(2)17-6-8-18(23)9-7-17/h5-10,12-13,19H,3-4,11,14H2,1-2H3,(H,24,25)/b16-13-. The van der Waals surface area contributed by atoms with Crippen molar-refractivity contribution < 1.29 is 18.7 Å². The zero-order chi connectivity index (χ0) is 19.2. The van der Waals surface area contributed by atoms with Gasteiger partial charge in [-0.1, -0.05) is 18.2 Å². The Labute approximate surface area is 159 Å². The molecule has 0 aliphatic carbocycles. The van der Waals surface area contributed by atoms with Crippen molar-refractivity contribution in [2.24, 2.45) is 0 Å². The van der Waals surface area contributed by atoms with E-state index in [0.29, 0.717) is 18.0 Å². The van der Waals surface area contributed by atoms with E-state index in [1.54, 1.807) is 12.1 Å². The van der Waals surface area contributed by atoms with E-state index in [1.807, 2.05) is 32.0 Å². The van der Waals surface area contributed by atoms with E-state index in [1.165, 1.54) is 18.2 Å². The first-order chi connectivity index (χ1) is 13.0. The van der Waals surface area contributed by atoms with E-state index in [0.717, 1.165) is 36.1 Å². The second kappa shape index (κ2) is 8.82. The van der Waals surface area contributed by atoms with Gasteiger partial charge >= 0.3 is 0 Å². The molecular formula is C22H24FNO3. The molecule has 1 fully saturated rings. The van der Waals surface area contributed by atoms with Crippen LogP contribution in [0.3, 0.4) is 0 Å². The SMILES string of the molecule is C/C(=C/C(=O)Nc1ccc(C)cc1OCC1CCCO1)c1ccc(F)cc1. The monoisotopic (exact) mass is 369 g/mol. The Morgan fingerprint density at radius 1 is 1.30 bits per heavy atom. The molecule has 4 nitrogen and oxygen atoms in total. The third-order valence-electron chi connectivity index (χ3n) is 4.49. The average molecular weight is 369 g/mol. The fourth-order valence-corrected chi connectivity index (χ4v) is 2.97. The van der Waals surface area contributed by atoms with Crippen molar-refractivity contribution >= 4 is 17.2 Å². The molecule has 0 bridgehead atoms. The zero-order valence-electron chi connectivity index (χ0n) is 15.6. The number of ether oxygens (including phenoxy) is 2. The molecule has 1 N–H and O–H groups in total. The number of benzene rings is 2. The van der Waals surface area contributed by atoms with Crippen molar-refractivity contribution in [2.75, 3.05) is 18.5 Å². The van der Waals surface area contributed by atoms with Crippen LogP contribution in [-0.4, -0.2) is 25.2 Å². The lowest BCUT2D eigenvalue weighted by Crippen LogP contribution is -2.17. The number of amides is 1. The molecule has 1 heterocycles. The summed E-state index contributed by atoms with van der Waals surface area (Å²) < 4.78 is 24.5. The summed E-state index contributed by atoms with van der Waals surface area (Å²) in [6.07, 6.45) is 3.65. The van der Waals surface area contributed by atoms with Crippen molar-refractivity contribution in [1.29, 1.82) is 0 Å². The van der Waals surface area contributed by atoms with E-state index in [2.05, 4.69) is 5.32 Å². The van der Waals surface area contributed by atoms with Gasteiger partial charge in [-0.15, -0.1) is 0 Å². The number of nitrogens with one attached hydrogen (secondary N) is 1. The van der Waals surface area contributed by atoms with Crippen LogP contribution in [-0.2, 0) is 9.53 Å². The number of anilines is 1. The molecule has 2 aromatic rings. The number of carbonyl (C=O) groups excluding carboxylic acids is 1. The average Bonchev–Trinajstić information content (AvgIpc) is 3.16. The molecule has 1 saturated heterocycles. The van der Waals surface area contributed by atoms with Crippen LogP contribution in [0.2, 0.25) is 0 Å². The summed E-state index contributed by atoms with van der Waals surface area (Å²) in [4.78, 5) is 12.4. The van der Waals surface area contributed by atoms with Gasteiger partial charge in [0.25, 0.3) is 0 Å². The highest BCUT2D eigenvalue weighted by Gasteiger charge is 2.17.